The second kappa shape index (κ2) is 5.41. The molecule has 0 fully saturated rings. The Morgan fingerprint density at radius 1 is 1.40 bits per heavy atom. The molecule has 0 atom stereocenters. The summed E-state index contributed by atoms with van der Waals surface area (Å²) in [5.41, 5.74) is 0.832. The summed E-state index contributed by atoms with van der Waals surface area (Å²) in [5, 5.41) is 30.3. The summed E-state index contributed by atoms with van der Waals surface area (Å²) in [6.45, 7) is 4.73. The largest absolute Gasteiger partial charge is 0.396 e. The fourth-order valence-electron chi connectivity index (χ4n) is 1.87. The molecule has 108 valence electrons. The van der Waals surface area contributed by atoms with Crippen LogP contribution in [-0.4, -0.2) is 33.5 Å². The van der Waals surface area contributed by atoms with E-state index in [2.05, 4.69) is 20.3 Å². The van der Waals surface area contributed by atoms with E-state index in [-0.39, 0.29) is 23.2 Å². The molecule has 1 aromatic heterocycles. The molecule has 2 aromatic rings. The Hall–Kier alpha value is -2.22. The molecule has 0 aliphatic heterocycles. The molecule has 1 heterocycles. The summed E-state index contributed by atoms with van der Waals surface area (Å²) in [6, 6.07) is 2.95. The van der Waals surface area contributed by atoms with Crippen LogP contribution in [0.5, 0.6) is 0 Å². The fraction of sp³-hybridized carbons (Fsp3) is 0.500. The summed E-state index contributed by atoms with van der Waals surface area (Å²) < 4.78 is 4.59. The number of nitro benzene ring substituents is 1. The molecular formula is C12H16N4O4. The third-order valence-corrected chi connectivity index (χ3v) is 3.14. The van der Waals surface area contributed by atoms with Crippen LogP contribution in [0, 0.1) is 15.5 Å². The number of nitrogens with one attached hydrogen (secondary N) is 1. The zero-order valence-electron chi connectivity index (χ0n) is 11.3. The zero-order valence-corrected chi connectivity index (χ0v) is 11.3. The number of hydrogen-bond acceptors (Lipinski definition) is 7. The second-order valence-corrected chi connectivity index (χ2v) is 5.34. The van der Waals surface area contributed by atoms with Gasteiger partial charge < -0.3 is 10.4 Å². The SMILES string of the molecule is CC(C)(CCO)CNc1ccc([N+](=O)[O-])c2nonc12. The Bertz CT molecular complexity index is 623. The molecule has 0 bridgehead atoms. The minimum atomic E-state index is -0.522. The van der Waals surface area contributed by atoms with E-state index in [1.807, 2.05) is 13.8 Å². The molecule has 1 aromatic carbocycles. The van der Waals surface area contributed by atoms with Gasteiger partial charge in [-0.2, -0.15) is 0 Å². The number of nitrogens with zero attached hydrogens (tertiary/aromatic N) is 3. The molecule has 20 heavy (non-hydrogen) atoms. The van der Waals surface area contributed by atoms with Crippen molar-refractivity contribution < 1.29 is 14.7 Å². The minimum Gasteiger partial charge on any atom is -0.396 e. The third-order valence-electron chi connectivity index (χ3n) is 3.14. The molecule has 8 nitrogen and oxygen atoms in total. The second-order valence-electron chi connectivity index (χ2n) is 5.34. The lowest BCUT2D eigenvalue weighted by atomic mass is 9.89. The summed E-state index contributed by atoms with van der Waals surface area (Å²) in [5.74, 6) is 0. The number of benzene rings is 1. The number of non-ortho nitro benzene ring substituents is 1. The fourth-order valence-corrected chi connectivity index (χ4v) is 1.87. The van der Waals surface area contributed by atoms with Crippen LogP contribution >= 0.6 is 0 Å². The lowest BCUT2D eigenvalue weighted by Gasteiger charge is -2.24. The first-order chi connectivity index (χ1) is 9.44. The van der Waals surface area contributed by atoms with E-state index in [1.165, 1.54) is 6.07 Å². The lowest BCUT2D eigenvalue weighted by Crippen LogP contribution is -2.24. The van der Waals surface area contributed by atoms with Gasteiger partial charge in [0.15, 0.2) is 5.52 Å². The average molecular weight is 280 g/mol. The highest BCUT2D eigenvalue weighted by Gasteiger charge is 2.21. The number of aliphatic hydroxyl groups is 1. The van der Waals surface area contributed by atoms with Crippen molar-refractivity contribution in [2.45, 2.75) is 20.3 Å². The Morgan fingerprint density at radius 3 is 2.75 bits per heavy atom. The first kappa shape index (κ1) is 14.2. The third kappa shape index (κ3) is 2.85. The Labute approximate surface area is 114 Å². The van der Waals surface area contributed by atoms with Crippen LogP contribution in [0.1, 0.15) is 20.3 Å². The van der Waals surface area contributed by atoms with E-state index < -0.39 is 4.92 Å². The number of aromatic nitrogens is 2. The van der Waals surface area contributed by atoms with Crippen molar-refractivity contribution in [3.05, 3.63) is 22.2 Å². The Morgan fingerprint density at radius 2 is 2.10 bits per heavy atom. The van der Waals surface area contributed by atoms with Crippen molar-refractivity contribution in [1.29, 1.82) is 0 Å². The molecule has 0 saturated carbocycles. The van der Waals surface area contributed by atoms with Crippen LogP contribution in [0.25, 0.3) is 11.0 Å². The van der Waals surface area contributed by atoms with Crippen LogP contribution in [0.15, 0.2) is 16.8 Å². The first-order valence-corrected chi connectivity index (χ1v) is 6.19. The van der Waals surface area contributed by atoms with Crippen molar-refractivity contribution >= 4 is 22.4 Å². The zero-order chi connectivity index (χ0) is 14.8. The van der Waals surface area contributed by atoms with E-state index >= 15 is 0 Å². The number of rotatable bonds is 6. The van der Waals surface area contributed by atoms with Gasteiger partial charge in [0.1, 0.15) is 0 Å². The van der Waals surface area contributed by atoms with Gasteiger partial charge in [-0.1, -0.05) is 13.8 Å². The molecule has 0 spiro atoms. The monoisotopic (exact) mass is 280 g/mol. The van der Waals surface area contributed by atoms with Gasteiger partial charge in [0, 0.05) is 19.2 Å². The smallest absolute Gasteiger partial charge is 0.300 e. The molecule has 0 radical (unpaired) electrons. The normalized spacial score (nSPS) is 11.8. The summed E-state index contributed by atoms with van der Waals surface area (Å²) in [6.07, 6.45) is 0.646. The van der Waals surface area contributed by atoms with Crippen LogP contribution < -0.4 is 5.32 Å². The highest BCUT2D eigenvalue weighted by atomic mass is 16.6. The Kier molecular flexibility index (Phi) is 3.84. The van der Waals surface area contributed by atoms with Crippen LogP contribution in [-0.2, 0) is 0 Å². The van der Waals surface area contributed by atoms with E-state index in [4.69, 9.17) is 5.11 Å². The molecule has 2 rings (SSSR count). The van der Waals surface area contributed by atoms with Crippen LogP contribution in [0.2, 0.25) is 0 Å². The van der Waals surface area contributed by atoms with Crippen molar-refractivity contribution in [2.24, 2.45) is 5.41 Å². The van der Waals surface area contributed by atoms with E-state index in [9.17, 15) is 10.1 Å². The topological polar surface area (TPSA) is 114 Å². The van der Waals surface area contributed by atoms with Gasteiger partial charge in [0.25, 0.3) is 0 Å². The van der Waals surface area contributed by atoms with E-state index in [1.54, 1.807) is 6.07 Å². The summed E-state index contributed by atoms with van der Waals surface area (Å²) in [7, 11) is 0. The molecule has 0 unspecified atom stereocenters. The van der Waals surface area contributed by atoms with Crippen molar-refractivity contribution in [3.63, 3.8) is 0 Å². The van der Waals surface area contributed by atoms with Gasteiger partial charge >= 0.3 is 5.69 Å². The molecule has 0 aliphatic rings. The maximum Gasteiger partial charge on any atom is 0.300 e. The van der Waals surface area contributed by atoms with Gasteiger partial charge in [-0.05, 0) is 28.2 Å². The lowest BCUT2D eigenvalue weighted by molar-refractivity contribution is -0.383. The Balaban J connectivity index is 2.26. The van der Waals surface area contributed by atoms with Gasteiger partial charge in [-0.25, -0.2) is 4.63 Å². The summed E-state index contributed by atoms with van der Waals surface area (Å²) in [4.78, 5) is 10.4. The van der Waals surface area contributed by atoms with Crippen molar-refractivity contribution in [2.75, 3.05) is 18.5 Å². The van der Waals surface area contributed by atoms with Gasteiger partial charge in [-0.15, -0.1) is 0 Å². The van der Waals surface area contributed by atoms with Gasteiger partial charge in [-0.3, -0.25) is 10.1 Å². The number of anilines is 1. The summed E-state index contributed by atoms with van der Waals surface area (Å²) >= 11 is 0. The highest BCUT2D eigenvalue weighted by molar-refractivity contribution is 5.93. The number of hydrogen-bond donors (Lipinski definition) is 2. The molecule has 0 saturated heterocycles. The van der Waals surface area contributed by atoms with Crippen molar-refractivity contribution in [3.8, 4) is 0 Å². The molecular weight excluding hydrogens is 264 g/mol. The first-order valence-electron chi connectivity index (χ1n) is 6.19. The van der Waals surface area contributed by atoms with Crippen LogP contribution in [0.3, 0.4) is 0 Å². The minimum absolute atomic E-state index is 0.107. The molecule has 0 amide bonds. The predicted octanol–water partition coefficient (Wildman–Crippen LogP) is 1.95. The number of fused-ring (bicyclic) bond motifs is 1. The van der Waals surface area contributed by atoms with Gasteiger partial charge in [0.2, 0.25) is 5.52 Å². The predicted molar refractivity (Wildman–Crippen MR) is 72.4 cm³/mol. The molecule has 2 N–H and O–H groups in total. The quantitative estimate of drug-likeness (QED) is 0.613. The van der Waals surface area contributed by atoms with E-state index in [0.29, 0.717) is 24.2 Å². The number of aliphatic hydroxyl groups excluding tert-OH is 1. The van der Waals surface area contributed by atoms with E-state index in [0.717, 1.165) is 0 Å². The average Bonchev–Trinajstić information content (AvgIpc) is 2.84. The maximum absolute atomic E-state index is 10.9. The standard InChI is InChI=1S/C12H16N4O4/c1-12(2,5-6-17)7-13-8-3-4-9(16(18)19)11-10(8)14-20-15-11/h3-4,13,17H,5-7H2,1-2H3. The highest BCUT2D eigenvalue weighted by Crippen LogP contribution is 2.30. The number of nitro groups is 1. The maximum atomic E-state index is 10.9. The molecule has 0 aliphatic carbocycles. The molecule has 8 heteroatoms. The van der Waals surface area contributed by atoms with Crippen LogP contribution in [0.4, 0.5) is 11.4 Å². The van der Waals surface area contributed by atoms with Gasteiger partial charge in [0.05, 0.1) is 10.6 Å². The van der Waals surface area contributed by atoms with Crippen molar-refractivity contribution in [1.82, 2.24) is 10.3 Å².